The average molecular weight is 356 g/mol. The van der Waals surface area contributed by atoms with Crippen molar-refractivity contribution in [2.24, 2.45) is 4.99 Å². The van der Waals surface area contributed by atoms with E-state index in [-0.39, 0.29) is 17.3 Å². The Hall–Kier alpha value is -2.25. The van der Waals surface area contributed by atoms with Gasteiger partial charge in [-0.15, -0.1) is 11.3 Å². The van der Waals surface area contributed by atoms with Crippen LogP contribution in [0.3, 0.4) is 0 Å². The number of ether oxygens (including phenoxy) is 2. The highest BCUT2D eigenvalue weighted by molar-refractivity contribution is 7.17. The summed E-state index contributed by atoms with van der Waals surface area (Å²) in [5.41, 5.74) is 0.624. The molecule has 0 bridgehead atoms. The number of nitrogens with zero attached hydrogens (tertiary/aromatic N) is 1. The lowest BCUT2D eigenvalue weighted by Gasteiger charge is -2.04. The molecule has 0 spiro atoms. The fourth-order valence-corrected chi connectivity index (χ4v) is 2.85. The van der Waals surface area contributed by atoms with Crippen molar-refractivity contribution in [3.05, 3.63) is 56.9 Å². The molecule has 3 rings (SSSR count). The monoisotopic (exact) mass is 355 g/mol. The second-order valence-electron chi connectivity index (χ2n) is 4.38. The molecule has 23 heavy (non-hydrogen) atoms. The van der Waals surface area contributed by atoms with Gasteiger partial charge in [-0.2, -0.15) is 8.78 Å². The molecule has 0 fully saturated rings. The summed E-state index contributed by atoms with van der Waals surface area (Å²) in [7, 11) is 0. The molecule has 1 aliphatic heterocycles. The molecule has 0 saturated heterocycles. The number of aliphatic imine (C=N–C) groups is 1. The van der Waals surface area contributed by atoms with Crippen LogP contribution in [0.15, 0.2) is 47.1 Å². The summed E-state index contributed by atoms with van der Waals surface area (Å²) >= 11 is 7.14. The van der Waals surface area contributed by atoms with E-state index in [9.17, 15) is 13.6 Å². The number of carbonyl (C=O) groups is 1. The van der Waals surface area contributed by atoms with Gasteiger partial charge in [-0.05, 0) is 42.5 Å². The number of hydrogen-bond acceptors (Lipinski definition) is 5. The third kappa shape index (κ3) is 3.75. The Morgan fingerprint density at radius 1 is 1.22 bits per heavy atom. The highest BCUT2D eigenvalue weighted by Gasteiger charge is 2.24. The van der Waals surface area contributed by atoms with Crippen LogP contribution in [0.2, 0.25) is 4.34 Å². The van der Waals surface area contributed by atoms with Crippen molar-refractivity contribution < 1.29 is 23.0 Å². The van der Waals surface area contributed by atoms with Gasteiger partial charge >= 0.3 is 12.6 Å². The molecule has 0 amide bonds. The first kappa shape index (κ1) is 15.6. The second kappa shape index (κ2) is 6.47. The summed E-state index contributed by atoms with van der Waals surface area (Å²) in [5.74, 6) is -0.470. The van der Waals surface area contributed by atoms with Crippen molar-refractivity contribution in [1.29, 1.82) is 0 Å². The molecule has 0 unspecified atom stereocenters. The van der Waals surface area contributed by atoms with Gasteiger partial charge < -0.3 is 9.47 Å². The number of cyclic esters (lactones) is 1. The van der Waals surface area contributed by atoms with E-state index in [4.69, 9.17) is 16.3 Å². The lowest BCUT2D eigenvalue weighted by Crippen LogP contribution is -2.06. The van der Waals surface area contributed by atoms with Gasteiger partial charge in [0.1, 0.15) is 5.75 Å². The standard InChI is InChI=1S/C15H8ClF2NO3S/c16-12-6-5-10(23-12)7-11-14(20)22-13(19-11)8-1-3-9(4-2-8)21-15(17)18/h1-7,15H/b11-7-. The van der Waals surface area contributed by atoms with Crippen molar-refractivity contribution in [3.63, 3.8) is 0 Å². The van der Waals surface area contributed by atoms with Crippen LogP contribution >= 0.6 is 22.9 Å². The Labute approximate surface area is 138 Å². The lowest BCUT2D eigenvalue weighted by atomic mass is 10.2. The van der Waals surface area contributed by atoms with Crippen molar-refractivity contribution in [3.8, 4) is 5.75 Å². The number of benzene rings is 1. The first-order valence-electron chi connectivity index (χ1n) is 6.34. The zero-order valence-electron chi connectivity index (χ0n) is 11.3. The average Bonchev–Trinajstić information content (AvgIpc) is 3.06. The van der Waals surface area contributed by atoms with Crippen LogP contribution in [0.25, 0.3) is 6.08 Å². The highest BCUT2D eigenvalue weighted by atomic mass is 35.5. The normalized spacial score (nSPS) is 15.9. The summed E-state index contributed by atoms with van der Waals surface area (Å²) in [6, 6.07) is 9.13. The third-order valence-electron chi connectivity index (χ3n) is 2.82. The van der Waals surface area contributed by atoms with Crippen molar-refractivity contribution in [2.75, 3.05) is 0 Å². The molecular weight excluding hydrogens is 348 g/mol. The Morgan fingerprint density at radius 3 is 2.57 bits per heavy atom. The van der Waals surface area contributed by atoms with E-state index < -0.39 is 12.6 Å². The first-order chi connectivity index (χ1) is 11.0. The van der Waals surface area contributed by atoms with Crippen molar-refractivity contribution in [2.45, 2.75) is 6.61 Å². The van der Waals surface area contributed by atoms with Crippen LogP contribution in [0, 0.1) is 0 Å². The third-order valence-corrected chi connectivity index (χ3v) is 4.00. The molecule has 1 aromatic carbocycles. The SMILES string of the molecule is O=C1OC(c2ccc(OC(F)F)cc2)=N/C1=C\c1ccc(Cl)s1. The predicted molar refractivity (Wildman–Crippen MR) is 83.0 cm³/mol. The van der Waals surface area contributed by atoms with Crippen LogP contribution in [0.5, 0.6) is 5.75 Å². The largest absolute Gasteiger partial charge is 0.435 e. The smallest absolute Gasteiger partial charge is 0.387 e. The minimum atomic E-state index is -2.89. The van der Waals surface area contributed by atoms with Crippen LogP contribution in [0.4, 0.5) is 8.78 Å². The Morgan fingerprint density at radius 2 is 1.96 bits per heavy atom. The maximum Gasteiger partial charge on any atom is 0.387 e. The Balaban J connectivity index is 1.82. The molecule has 0 atom stereocenters. The molecule has 8 heteroatoms. The van der Waals surface area contributed by atoms with Crippen molar-refractivity contribution >= 4 is 40.9 Å². The van der Waals surface area contributed by atoms with Gasteiger partial charge in [-0.3, -0.25) is 0 Å². The van der Waals surface area contributed by atoms with E-state index in [0.29, 0.717) is 9.90 Å². The number of halogens is 3. The molecule has 118 valence electrons. The first-order valence-corrected chi connectivity index (χ1v) is 7.54. The minimum absolute atomic E-state index is 0.0117. The van der Waals surface area contributed by atoms with Gasteiger partial charge in [-0.1, -0.05) is 11.6 Å². The topological polar surface area (TPSA) is 47.9 Å². The molecule has 2 heterocycles. The lowest BCUT2D eigenvalue weighted by molar-refractivity contribution is -0.129. The molecule has 1 aromatic heterocycles. The maximum absolute atomic E-state index is 12.1. The molecular formula is C15H8ClF2NO3S. The molecule has 1 aliphatic rings. The van der Waals surface area contributed by atoms with Gasteiger partial charge in [0.2, 0.25) is 5.90 Å². The van der Waals surface area contributed by atoms with Gasteiger partial charge in [0.15, 0.2) is 5.70 Å². The van der Waals surface area contributed by atoms with Gasteiger partial charge in [0.25, 0.3) is 0 Å². The predicted octanol–water partition coefficient (Wildman–Crippen LogP) is 4.35. The van der Waals surface area contributed by atoms with E-state index in [2.05, 4.69) is 9.73 Å². The van der Waals surface area contributed by atoms with E-state index in [1.165, 1.54) is 35.6 Å². The van der Waals surface area contributed by atoms with Crippen LogP contribution in [-0.2, 0) is 9.53 Å². The molecule has 4 nitrogen and oxygen atoms in total. The zero-order valence-corrected chi connectivity index (χ0v) is 12.9. The number of esters is 1. The summed E-state index contributed by atoms with van der Waals surface area (Å²) in [4.78, 5) is 16.7. The molecule has 0 radical (unpaired) electrons. The number of hydrogen-bond donors (Lipinski definition) is 0. The Bertz CT molecular complexity index is 799. The molecule has 2 aromatic rings. The van der Waals surface area contributed by atoms with E-state index in [1.807, 2.05) is 0 Å². The molecule has 0 saturated carbocycles. The number of rotatable bonds is 4. The van der Waals surface area contributed by atoms with Crippen LogP contribution < -0.4 is 4.74 Å². The van der Waals surface area contributed by atoms with Crippen LogP contribution in [-0.4, -0.2) is 18.5 Å². The van der Waals surface area contributed by atoms with E-state index in [1.54, 1.807) is 18.2 Å². The summed E-state index contributed by atoms with van der Waals surface area (Å²) in [5, 5.41) is 0. The zero-order chi connectivity index (χ0) is 16.4. The van der Waals surface area contributed by atoms with Gasteiger partial charge in [-0.25, -0.2) is 9.79 Å². The minimum Gasteiger partial charge on any atom is -0.435 e. The summed E-state index contributed by atoms with van der Waals surface area (Å²) in [6.45, 7) is -2.89. The van der Waals surface area contributed by atoms with Gasteiger partial charge in [0.05, 0.1) is 4.34 Å². The fraction of sp³-hybridized carbons (Fsp3) is 0.0667. The van der Waals surface area contributed by atoms with Crippen molar-refractivity contribution in [1.82, 2.24) is 0 Å². The fourth-order valence-electron chi connectivity index (χ4n) is 1.85. The quantitative estimate of drug-likeness (QED) is 0.605. The van der Waals surface area contributed by atoms with Gasteiger partial charge in [0, 0.05) is 10.4 Å². The Kier molecular flexibility index (Phi) is 4.40. The number of alkyl halides is 2. The summed E-state index contributed by atoms with van der Waals surface area (Å²) in [6.07, 6.45) is 1.57. The molecule has 0 aliphatic carbocycles. The summed E-state index contributed by atoms with van der Waals surface area (Å²) < 4.78 is 34.1. The van der Waals surface area contributed by atoms with E-state index in [0.717, 1.165) is 4.88 Å². The van der Waals surface area contributed by atoms with Crippen LogP contribution in [0.1, 0.15) is 10.4 Å². The number of carbonyl (C=O) groups excluding carboxylic acids is 1. The number of thiophene rings is 1. The van der Waals surface area contributed by atoms with E-state index >= 15 is 0 Å². The highest BCUT2D eigenvalue weighted by Crippen LogP contribution is 2.26. The second-order valence-corrected chi connectivity index (χ2v) is 6.13. The maximum atomic E-state index is 12.1. The molecule has 0 N–H and O–H groups in total.